The topological polar surface area (TPSA) is 89.7 Å². The fourth-order valence-electron chi connectivity index (χ4n) is 2.35. The van der Waals surface area contributed by atoms with E-state index in [1.54, 1.807) is 0 Å². The minimum atomic E-state index is -3.83. The molecule has 0 aliphatic rings. The summed E-state index contributed by atoms with van der Waals surface area (Å²) >= 11 is 5.77. The highest BCUT2D eigenvalue weighted by Gasteiger charge is 2.23. The van der Waals surface area contributed by atoms with Crippen molar-refractivity contribution in [3.8, 4) is 11.3 Å². The van der Waals surface area contributed by atoms with Crippen LogP contribution in [0.5, 0.6) is 0 Å². The molecule has 0 aliphatic heterocycles. The van der Waals surface area contributed by atoms with Gasteiger partial charge in [-0.1, -0.05) is 41.9 Å². The zero-order valence-electron chi connectivity index (χ0n) is 14.9. The van der Waals surface area contributed by atoms with Crippen molar-refractivity contribution in [2.45, 2.75) is 11.5 Å². The van der Waals surface area contributed by atoms with Gasteiger partial charge in [-0.15, -0.1) is 0 Å². The first-order valence-electron chi connectivity index (χ1n) is 8.24. The van der Waals surface area contributed by atoms with Crippen LogP contribution in [0.2, 0.25) is 5.02 Å². The molecule has 0 spiro atoms. The predicted octanol–water partition coefficient (Wildman–Crippen LogP) is 3.36. The van der Waals surface area contributed by atoms with Gasteiger partial charge >= 0.3 is 5.97 Å². The number of oxazole rings is 1. The molecule has 0 saturated heterocycles. The van der Waals surface area contributed by atoms with Gasteiger partial charge in [-0.3, -0.25) is 4.79 Å². The van der Waals surface area contributed by atoms with Crippen LogP contribution >= 0.6 is 11.6 Å². The lowest BCUT2D eigenvalue weighted by Gasteiger charge is -2.16. The third-order valence-electron chi connectivity index (χ3n) is 3.84. The third-order valence-corrected chi connectivity index (χ3v) is 5.91. The van der Waals surface area contributed by atoms with Gasteiger partial charge in [0.15, 0.2) is 12.4 Å². The predicted molar refractivity (Wildman–Crippen MR) is 103 cm³/mol. The number of sulfonamides is 1. The van der Waals surface area contributed by atoms with Crippen molar-refractivity contribution >= 4 is 27.6 Å². The van der Waals surface area contributed by atoms with Crippen molar-refractivity contribution in [3.05, 3.63) is 71.7 Å². The molecule has 3 rings (SSSR count). The molecule has 146 valence electrons. The number of likely N-dealkylation sites (N-methyl/N-ethyl adjacent to an activating group) is 1. The van der Waals surface area contributed by atoms with E-state index in [9.17, 15) is 13.2 Å². The molecule has 1 aromatic heterocycles. The maximum absolute atomic E-state index is 12.5. The zero-order chi connectivity index (χ0) is 20.1. The molecule has 0 saturated carbocycles. The molecule has 3 aromatic rings. The van der Waals surface area contributed by atoms with E-state index >= 15 is 0 Å². The highest BCUT2D eigenvalue weighted by atomic mass is 35.5. The van der Waals surface area contributed by atoms with Crippen LogP contribution in [-0.4, -0.2) is 37.3 Å². The van der Waals surface area contributed by atoms with E-state index in [0.717, 1.165) is 9.87 Å². The normalized spacial score (nSPS) is 11.5. The van der Waals surface area contributed by atoms with Crippen molar-refractivity contribution in [1.82, 2.24) is 9.29 Å². The third kappa shape index (κ3) is 4.78. The SMILES string of the molecule is CN(CC(=O)OCc1ncc(-c2ccccc2)o1)S(=O)(=O)c1ccc(Cl)cc1. The fraction of sp³-hybridized carbons (Fsp3) is 0.158. The van der Waals surface area contributed by atoms with Crippen molar-refractivity contribution in [3.63, 3.8) is 0 Å². The largest absolute Gasteiger partial charge is 0.455 e. The molecule has 0 radical (unpaired) electrons. The molecule has 0 bridgehead atoms. The molecule has 0 amide bonds. The maximum Gasteiger partial charge on any atom is 0.321 e. The average molecular weight is 421 g/mol. The summed E-state index contributed by atoms with van der Waals surface area (Å²) in [7, 11) is -2.54. The number of aromatic nitrogens is 1. The first kappa shape index (κ1) is 20.1. The molecular weight excluding hydrogens is 404 g/mol. The molecule has 1 heterocycles. The van der Waals surface area contributed by atoms with Gasteiger partial charge in [-0.05, 0) is 24.3 Å². The Morgan fingerprint density at radius 3 is 2.50 bits per heavy atom. The summed E-state index contributed by atoms with van der Waals surface area (Å²) in [5.41, 5.74) is 0.848. The molecule has 0 N–H and O–H groups in total. The van der Waals surface area contributed by atoms with Gasteiger partial charge in [-0.25, -0.2) is 13.4 Å². The Bertz CT molecular complexity index is 1050. The van der Waals surface area contributed by atoms with Crippen molar-refractivity contribution in [1.29, 1.82) is 0 Å². The average Bonchev–Trinajstić information content (AvgIpc) is 3.16. The van der Waals surface area contributed by atoms with E-state index in [-0.39, 0.29) is 17.4 Å². The fourth-order valence-corrected chi connectivity index (χ4v) is 3.60. The molecule has 9 heteroatoms. The number of rotatable bonds is 7. The van der Waals surface area contributed by atoms with E-state index in [1.807, 2.05) is 30.3 Å². The van der Waals surface area contributed by atoms with Crippen LogP contribution in [0.3, 0.4) is 0 Å². The number of carbonyl (C=O) groups excluding carboxylic acids is 1. The number of ether oxygens (including phenoxy) is 1. The van der Waals surface area contributed by atoms with E-state index in [2.05, 4.69) is 4.98 Å². The van der Waals surface area contributed by atoms with Crippen LogP contribution < -0.4 is 0 Å². The number of benzene rings is 2. The standard InChI is InChI=1S/C19H17ClN2O5S/c1-22(28(24,25)16-9-7-15(20)8-10-16)12-19(23)26-13-18-21-11-17(27-18)14-5-3-2-4-6-14/h2-11H,12-13H2,1H3. The quantitative estimate of drug-likeness (QED) is 0.544. The lowest BCUT2D eigenvalue weighted by atomic mass is 10.2. The van der Waals surface area contributed by atoms with E-state index < -0.39 is 22.5 Å². The molecule has 0 unspecified atom stereocenters. The Kier molecular flexibility index (Phi) is 6.13. The first-order chi connectivity index (χ1) is 13.4. The van der Waals surface area contributed by atoms with Gasteiger partial charge in [0.1, 0.15) is 6.54 Å². The second kappa shape index (κ2) is 8.55. The van der Waals surface area contributed by atoms with E-state index in [4.69, 9.17) is 20.8 Å². The lowest BCUT2D eigenvalue weighted by molar-refractivity contribution is -0.145. The van der Waals surface area contributed by atoms with Crippen LogP contribution in [0.1, 0.15) is 5.89 Å². The van der Waals surface area contributed by atoms with Crippen LogP contribution in [0.4, 0.5) is 0 Å². The number of esters is 1. The molecule has 0 atom stereocenters. The lowest BCUT2D eigenvalue weighted by Crippen LogP contribution is -2.33. The Labute approximate surface area is 167 Å². The van der Waals surface area contributed by atoms with E-state index in [0.29, 0.717) is 10.8 Å². The molecule has 2 aromatic carbocycles. The van der Waals surface area contributed by atoms with Gasteiger partial charge in [0, 0.05) is 17.6 Å². The number of carbonyl (C=O) groups is 1. The second-order valence-electron chi connectivity index (χ2n) is 5.86. The van der Waals surface area contributed by atoms with Crippen LogP contribution in [0, 0.1) is 0 Å². The molecule has 0 aliphatic carbocycles. The van der Waals surface area contributed by atoms with Crippen molar-refractivity contribution in [2.75, 3.05) is 13.6 Å². The first-order valence-corrected chi connectivity index (χ1v) is 10.1. The smallest absolute Gasteiger partial charge is 0.321 e. The number of nitrogens with zero attached hydrogens (tertiary/aromatic N) is 2. The Morgan fingerprint density at radius 1 is 1.14 bits per heavy atom. The van der Waals surface area contributed by atoms with Gasteiger partial charge in [0.05, 0.1) is 11.1 Å². The minimum absolute atomic E-state index is 0.0346. The van der Waals surface area contributed by atoms with Gasteiger partial charge in [0.25, 0.3) is 0 Å². The van der Waals surface area contributed by atoms with Crippen LogP contribution in [0.25, 0.3) is 11.3 Å². The second-order valence-corrected chi connectivity index (χ2v) is 8.34. The minimum Gasteiger partial charge on any atom is -0.455 e. The number of halogens is 1. The van der Waals surface area contributed by atoms with Crippen molar-refractivity contribution in [2.24, 2.45) is 0 Å². The summed E-state index contributed by atoms with van der Waals surface area (Å²) in [5, 5.41) is 0.418. The highest BCUT2D eigenvalue weighted by molar-refractivity contribution is 7.89. The summed E-state index contributed by atoms with van der Waals surface area (Å²) in [4.78, 5) is 16.1. The summed E-state index contributed by atoms with van der Waals surface area (Å²) < 4.78 is 36.4. The molecule has 28 heavy (non-hydrogen) atoms. The maximum atomic E-state index is 12.5. The van der Waals surface area contributed by atoms with Gasteiger partial charge in [-0.2, -0.15) is 4.31 Å². The summed E-state index contributed by atoms with van der Waals surface area (Å²) in [6.45, 7) is -0.641. The number of hydrogen-bond acceptors (Lipinski definition) is 6. The Hall–Kier alpha value is -2.68. The van der Waals surface area contributed by atoms with Crippen LogP contribution in [0.15, 0.2) is 70.1 Å². The Morgan fingerprint density at radius 2 is 1.82 bits per heavy atom. The summed E-state index contributed by atoms with van der Waals surface area (Å²) in [6.07, 6.45) is 1.54. The molecule has 7 nitrogen and oxygen atoms in total. The van der Waals surface area contributed by atoms with Gasteiger partial charge < -0.3 is 9.15 Å². The molecular formula is C19H17ClN2O5S. The highest BCUT2D eigenvalue weighted by Crippen LogP contribution is 2.20. The summed E-state index contributed by atoms with van der Waals surface area (Å²) in [6, 6.07) is 15.0. The zero-order valence-corrected chi connectivity index (χ0v) is 16.5. The van der Waals surface area contributed by atoms with Crippen molar-refractivity contribution < 1.29 is 22.4 Å². The monoisotopic (exact) mass is 420 g/mol. The van der Waals surface area contributed by atoms with E-state index in [1.165, 1.54) is 37.5 Å². The van der Waals surface area contributed by atoms with Crippen LogP contribution in [-0.2, 0) is 26.2 Å². The Balaban J connectivity index is 1.57. The molecule has 0 fully saturated rings. The number of hydrogen-bond donors (Lipinski definition) is 0. The summed E-state index contributed by atoms with van der Waals surface area (Å²) in [5.74, 6) is 0.0454. The van der Waals surface area contributed by atoms with Gasteiger partial charge in [0.2, 0.25) is 15.9 Å².